The second-order valence-electron chi connectivity index (χ2n) is 5.90. The zero-order valence-electron chi connectivity index (χ0n) is 14.8. The van der Waals surface area contributed by atoms with E-state index in [4.69, 9.17) is 20.8 Å². The molecule has 0 aliphatic carbocycles. The van der Waals surface area contributed by atoms with Gasteiger partial charge < -0.3 is 9.15 Å². The molecule has 0 amide bonds. The second-order valence-corrected chi connectivity index (χ2v) is 7.21. The Hall–Kier alpha value is -2.57. The van der Waals surface area contributed by atoms with Crippen molar-refractivity contribution in [3.05, 3.63) is 64.8 Å². The number of ether oxygens (including phenoxy) is 1. The first kappa shape index (κ1) is 17.8. The summed E-state index contributed by atoms with van der Waals surface area (Å²) in [6.45, 7) is 2.01. The number of aryl methyl sites for hydroxylation is 1. The Bertz CT molecular complexity index is 1100. The van der Waals surface area contributed by atoms with Gasteiger partial charge in [-0.1, -0.05) is 41.6 Å². The summed E-state index contributed by atoms with van der Waals surface area (Å²) in [5, 5.41) is 10.4. The Morgan fingerprint density at radius 1 is 1.07 bits per heavy atom. The van der Waals surface area contributed by atoms with Crippen LogP contribution < -0.4 is 4.74 Å². The standard InChI is InChI=1S/C20H16ClN3O2S/c1-12-15-5-3-4-6-16(15)22-17(18(12)21)11-27-20-24-23-19(26-20)13-7-9-14(25-2)10-8-13/h3-10H,11H2,1-2H3. The van der Waals surface area contributed by atoms with Gasteiger partial charge in [-0.15, -0.1) is 10.2 Å². The maximum Gasteiger partial charge on any atom is 0.277 e. The average molecular weight is 398 g/mol. The largest absolute Gasteiger partial charge is 0.497 e. The molecule has 0 fully saturated rings. The van der Waals surface area contributed by atoms with E-state index in [2.05, 4.69) is 15.2 Å². The molecule has 2 heterocycles. The molecule has 4 rings (SSSR count). The average Bonchev–Trinajstić information content (AvgIpc) is 3.19. The third-order valence-corrected chi connectivity index (χ3v) is 5.55. The quantitative estimate of drug-likeness (QED) is 0.411. The van der Waals surface area contributed by atoms with Crippen molar-refractivity contribution in [2.24, 2.45) is 0 Å². The SMILES string of the molecule is COc1ccc(-c2nnc(SCc3nc4ccccc4c(C)c3Cl)o2)cc1. The number of thioether (sulfide) groups is 1. The molecule has 2 aromatic heterocycles. The number of halogens is 1. The van der Waals surface area contributed by atoms with Gasteiger partial charge in [0.15, 0.2) is 0 Å². The first-order chi connectivity index (χ1) is 13.2. The monoisotopic (exact) mass is 397 g/mol. The summed E-state index contributed by atoms with van der Waals surface area (Å²) < 4.78 is 10.9. The molecule has 2 aromatic carbocycles. The predicted molar refractivity (Wildman–Crippen MR) is 107 cm³/mol. The molecule has 0 atom stereocenters. The van der Waals surface area contributed by atoms with Crippen LogP contribution in [0.1, 0.15) is 11.3 Å². The molecule has 0 bridgehead atoms. The summed E-state index contributed by atoms with van der Waals surface area (Å²) in [7, 11) is 1.63. The highest BCUT2D eigenvalue weighted by Crippen LogP contribution is 2.32. The summed E-state index contributed by atoms with van der Waals surface area (Å²) in [6.07, 6.45) is 0. The number of pyridine rings is 1. The van der Waals surface area contributed by atoms with Crippen LogP contribution in [-0.4, -0.2) is 22.3 Å². The van der Waals surface area contributed by atoms with E-state index in [1.807, 2.05) is 55.5 Å². The van der Waals surface area contributed by atoms with Crippen LogP contribution in [0.2, 0.25) is 5.02 Å². The van der Waals surface area contributed by atoms with Crippen LogP contribution >= 0.6 is 23.4 Å². The van der Waals surface area contributed by atoms with Crippen LogP contribution in [0.5, 0.6) is 5.75 Å². The highest BCUT2D eigenvalue weighted by Gasteiger charge is 2.14. The van der Waals surface area contributed by atoms with E-state index >= 15 is 0 Å². The number of para-hydroxylation sites is 1. The number of benzene rings is 2. The van der Waals surface area contributed by atoms with Crippen molar-refractivity contribution in [1.29, 1.82) is 0 Å². The molecule has 136 valence electrons. The topological polar surface area (TPSA) is 61.0 Å². The molecule has 0 N–H and O–H groups in total. The number of aromatic nitrogens is 3. The number of methoxy groups -OCH3 is 1. The van der Waals surface area contributed by atoms with Gasteiger partial charge in [0.05, 0.1) is 23.3 Å². The minimum absolute atomic E-state index is 0.467. The summed E-state index contributed by atoms with van der Waals surface area (Å²) in [6, 6.07) is 15.4. The fourth-order valence-electron chi connectivity index (χ4n) is 2.76. The van der Waals surface area contributed by atoms with Crippen LogP contribution in [0.3, 0.4) is 0 Å². The van der Waals surface area contributed by atoms with Crippen molar-refractivity contribution in [3.8, 4) is 17.2 Å². The molecule has 4 aromatic rings. The zero-order valence-corrected chi connectivity index (χ0v) is 16.3. The summed E-state index contributed by atoms with van der Waals surface area (Å²) in [4.78, 5) is 4.68. The van der Waals surface area contributed by atoms with Gasteiger partial charge in [0, 0.05) is 16.7 Å². The van der Waals surface area contributed by atoms with E-state index in [0.717, 1.165) is 33.5 Å². The van der Waals surface area contributed by atoms with E-state index in [9.17, 15) is 0 Å². The fraction of sp³-hybridized carbons (Fsp3) is 0.150. The van der Waals surface area contributed by atoms with Gasteiger partial charge in [0.1, 0.15) is 5.75 Å². The lowest BCUT2D eigenvalue weighted by Crippen LogP contribution is -1.94. The van der Waals surface area contributed by atoms with Crippen molar-refractivity contribution in [2.75, 3.05) is 7.11 Å². The fourth-order valence-corrected chi connectivity index (χ4v) is 3.76. The van der Waals surface area contributed by atoms with Gasteiger partial charge in [-0.3, -0.25) is 4.98 Å². The summed E-state index contributed by atoms with van der Waals surface area (Å²) in [5.41, 5.74) is 3.61. The van der Waals surface area contributed by atoms with Crippen LogP contribution in [0.15, 0.2) is 58.2 Å². The van der Waals surface area contributed by atoms with Gasteiger partial charge in [-0.2, -0.15) is 0 Å². The highest BCUT2D eigenvalue weighted by molar-refractivity contribution is 7.98. The van der Waals surface area contributed by atoms with Gasteiger partial charge in [0.2, 0.25) is 5.89 Å². The predicted octanol–water partition coefficient (Wildman–Crippen LogP) is 5.55. The highest BCUT2D eigenvalue weighted by atomic mass is 35.5. The van der Waals surface area contributed by atoms with Crippen molar-refractivity contribution in [2.45, 2.75) is 17.9 Å². The Morgan fingerprint density at radius 3 is 2.63 bits per heavy atom. The molecule has 27 heavy (non-hydrogen) atoms. The van der Waals surface area contributed by atoms with E-state index in [-0.39, 0.29) is 0 Å². The third kappa shape index (κ3) is 3.63. The number of hydrogen-bond donors (Lipinski definition) is 0. The van der Waals surface area contributed by atoms with Gasteiger partial charge in [0.25, 0.3) is 5.22 Å². The molecule has 7 heteroatoms. The Morgan fingerprint density at radius 2 is 1.85 bits per heavy atom. The van der Waals surface area contributed by atoms with Crippen molar-refractivity contribution >= 4 is 34.3 Å². The van der Waals surface area contributed by atoms with E-state index in [0.29, 0.717) is 21.9 Å². The van der Waals surface area contributed by atoms with Crippen LogP contribution in [0.25, 0.3) is 22.4 Å². The molecule has 0 spiro atoms. The number of nitrogens with zero attached hydrogens (tertiary/aromatic N) is 3. The number of fused-ring (bicyclic) bond motifs is 1. The first-order valence-electron chi connectivity index (χ1n) is 8.30. The van der Waals surface area contributed by atoms with E-state index < -0.39 is 0 Å². The van der Waals surface area contributed by atoms with E-state index in [1.54, 1.807) is 7.11 Å². The Kier molecular flexibility index (Phi) is 5.01. The Labute approximate surface area is 165 Å². The number of rotatable bonds is 5. The zero-order chi connectivity index (χ0) is 18.8. The van der Waals surface area contributed by atoms with Gasteiger partial charge >= 0.3 is 0 Å². The van der Waals surface area contributed by atoms with E-state index in [1.165, 1.54) is 11.8 Å². The normalized spacial score (nSPS) is 11.1. The maximum absolute atomic E-state index is 6.51. The second kappa shape index (κ2) is 7.58. The lowest BCUT2D eigenvalue weighted by Gasteiger charge is -2.08. The van der Waals surface area contributed by atoms with Gasteiger partial charge in [-0.25, -0.2) is 0 Å². The third-order valence-electron chi connectivity index (χ3n) is 4.22. The van der Waals surface area contributed by atoms with Crippen molar-refractivity contribution < 1.29 is 9.15 Å². The lowest BCUT2D eigenvalue weighted by molar-refractivity contribution is 0.414. The number of hydrogen-bond acceptors (Lipinski definition) is 6. The molecule has 0 saturated heterocycles. The lowest BCUT2D eigenvalue weighted by atomic mass is 10.1. The van der Waals surface area contributed by atoms with Gasteiger partial charge in [-0.05, 0) is 42.8 Å². The first-order valence-corrected chi connectivity index (χ1v) is 9.66. The molecule has 0 saturated carbocycles. The molecule has 0 aliphatic rings. The molecular weight excluding hydrogens is 382 g/mol. The van der Waals surface area contributed by atoms with Crippen LogP contribution in [-0.2, 0) is 5.75 Å². The van der Waals surface area contributed by atoms with Crippen LogP contribution in [0.4, 0.5) is 0 Å². The summed E-state index contributed by atoms with van der Waals surface area (Å²) >= 11 is 7.93. The molecule has 5 nitrogen and oxygen atoms in total. The maximum atomic E-state index is 6.51. The molecular formula is C20H16ClN3O2S. The smallest absolute Gasteiger partial charge is 0.277 e. The minimum atomic E-state index is 0.467. The minimum Gasteiger partial charge on any atom is -0.497 e. The van der Waals surface area contributed by atoms with Crippen LogP contribution in [0, 0.1) is 6.92 Å². The van der Waals surface area contributed by atoms with Crippen molar-refractivity contribution in [1.82, 2.24) is 15.2 Å². The molecule has 0 aliphatic heterocycles. The molecule has 0 radical (unpaired) electrons. The Balaban J connectivity index is 1.53. The van der Waals surface area contributed by atoms with Crippen molar-refractivity contribution in [3.63, 3.8) is 0 Å². The summed E-state index contributed by atoms with van der Waals surface area (Å²) in [5.74, 6) is 1.79. The molecule has 0 unspecified atom stereocenters.